The summed E-state index contributed by atoms with van der Waals surface area (Å²) >= 11 is 0. The fraction of sp³-hybridized carbons (Fsp3) is 0.565. The van der Waals surface area contributed by atoms with E-state index in [4.69, 9.17) is 0 Å². The highest BCUT2D eigenvalue weighted by Crippen LogP contribution is 2.29. The summed E-state index contributed by atoms with van der Waals surface area (Å²) in [5.74, 6) is 1.84. The van der Waals surface area contributed by atoms with Crippen LogP contribution in [0.15, 0.2) is 36.4 Å². The average Bonchev–Trinajstić information content (AvgIpc) is 2.54. The van der Waals surface area contributed by atoms with Crippen LogP contribution in [0.1, 0.15) is 77.2 Å². The quantitative estimate of drug-likeness (QED) is 0.637. The largest absolute Gasteiger partial charge is 0.258 e. The monoisotopic (exact) mass is 340 g/mol. The molecule has 0 saturated carbocycles. The molecule has 0 saturated heterocycles. The highest BCUT2D eigenvalue weighted by atomic mass is 14.7. The van der Waals surface area contributed by atoms with E-state index in [-0.39, 0.29) is 5.41 Å². The van der Waals surface area contributed by atoms with Gasteiger partial charge in [0.1, 0.15) is 0 Å². The Hall–Kier alpha value is -1.70. The molecule has 0 aliphatic rings. The van der Waals surface area contributed by atoms with Crippen LogP contribution in [-0.4, -0.2) is 9.97 Å². The van der Waals surface area contributed by atoms with Crippen LogP contribution in [-0.2, 0) is 5.41 Å². The van der Waals surface area contributed by atoms with E-state index in [0.29, 0.717) is 17.8 Å². The van der Waals surface area contributed by atoms with Gasteiger partial charge in [0, 0.05) is 34.1 Å². The van der Waals surface area contributed by atoms with Gasteiger partial charge in [0.2, 0.25) is 0 Å². The summed E-state index contributed by atoms with van der Waals surface area (Å²) in [5.41, 5.74) is 4.80. The fourth-order valence-corrected chi connectivity index (χ4v) is 2.36. The van der Waals surface area contributed by atoms with Crippen LogP contribution in [0.2, 0.25) is 0 Å². The van der Waals surface area contributed by atoms with Gasteiger partial charge in [-0.3, -0.25) is 9.97 Å². The zero-order valence-electron chi connectivity index (χ0n) is 17.6. The minimum absolute atomic E-state index is 0.173. The molecule has 2 aromatic rings. The summed E-state index contributed by atoms with van der Waals surface area (Å²) < 4.78 is 0. The second kappa shape index (κ2) is 9.12. The molecule has 0 N–H and O–H groups in total. The minimum Gasteiger partial charge on any atom is -0.258 e. The van der Waals surface area contributed by atoms with Crippen molar-refractivity contribution < 1.29 is 0 Å². The smallest absolute Gasteiger partial charge is 0.0465 e. The van der Waals surface area contributed by atoms with Crippen molar-refractivity contribution in [3.8, 4) is 0 Å². The number of aryl methyl sites for hydroxylation is 2. The lowest BCUT2D eigenvalue weighted by molar-refractivity contribution is 0.362. The lowest BCUT2D eigenvalue weighted by atomic mass is 9.78. The van der Waals surface area contributed by atoms with Crippen molar-refractivity contribution in [1.29, 1.82) is 0 Å². The van der Waals surface area contributed by atoms with E-state index in [1.54, 1.807) is 0 Å². The topological polar surface area (TPSA) is 25.8 Å². The van der Waals surface area contributed by atoms with E-state index in [9.17, 15) is 0 Å². The number of hydrogen-bond acceptors (Lipinski definition) is 2. The summed E-state index contributed by atoms with van der Waals surface area (Å²) in [6, 6.07) is 12.5. The van der Waals surface area contributed by atoms with Crippen LogP contribution in [0.3, 0.4) is 0 Å². The van der Waals surface area contributed by atoms with Gasteiger partial charge in [0.05, 0.1) is 0 Å². The van der Waals surface area contributed by atoms with Crippen LogP contribution in [0.5, 0.6) is 0 Å². The minimum atomic E-state index is 0.173. The molecule has 0 fully saturated rings. The first-order valence-electron chi connectivity index (χ1n) is 9.43. The predicted molar refractivity (Wildman–Crippen MR) is 109 cm³/mol. The number of rotatable bonds is 4. The lowest BCUT2D eigenvalue weighted by Gasteiger charge is -2.28. The third-order valence-electron chi connectivity index (χ3n) is 5.37. The van der Waals surface area contributed by atoms with Gasteiger partial charge in [0.25, 0.3) is 0 Å². The average molecular weight is 341 g/mol. The molecule has 2 rings (SSSR count). The van der Waals surface area contributed by atoms with Crippen molar-refractivity contribution in [3.63, 3.8) is 0 Å². The van der Waals surface area contributed by atoms with Gasteiger partial charge in [-0.25, -0.2) is 0 Å². The van der Waals surface area contributed by atoms with Gasteiger partial charge in [0.15, 0.2) is 0 Å². The molecule has 0 aliphatic heterocycles. The highest BCUT2D eigenvalue weighted by molar-refractivity contribution is 5.18. The molecule has 2 aromatic heterocycles. The number of hydrogen-bond donors (Lipinski definition) is 0. The summed E-state index contributed by atoms with van der Waals surface area (Å²) in [6.45, 7) is 19.7. The Bertz CT molecular complexity index is 657. The van der Waals surface area contributed by atoms with Gasteiger partial charge >= 0.3 is 0 Å². The molecule has 0 bridgehead atoms. The van der Waals surface area contributed by atoms with E-state index in [0.717, 1.165) is 11.4 Å². The summed E-state index contributed by atoms with van der Waals surface area (Å²) in [6.07, 6.45) is 0. The first-order valence-corrected chi connectivity index (χ1v) is 9.43. The van der Waals surface area contributed by atoms with Crippen LogP contribution in [0, 0.1) is 25.7 Å². The Balaban J connectivity index is 0.000000251. The van der Waals surface area contributed by atoms with Crippen molar-refractivity contribution in [1.82, 2.24) is 9.97 Å². The van der Waals surface area contributed by atoms with Gasteiger partial charge in [-0.05, 0) is 49.9 Å². The predicted octanol–water partition coefficient (Wildman–Crippen LogP) is 6.47. The Morgan fingerprint density at radius 2 is 1.28 bits per heavy atom. The maximum Gasteiger partial charge on any atom is 0.0465 e. The van der Waals surface area contributed by atoms with Gasteiger partial charge < -0.3 is 0 Å². The first kappa shape index (κ1) is 21.3. The Morgan fingerprint density at radius 3 is 1.72 bits per heavy atom. The molecule has 25 heavy (non-hydrogen) atoms. The molecule has 0 aliphatic carbocycles. The molecule has 138 valence electrons. The molecule has 2 nitrogen and oxygen atoms in total. The molecule has 1 atom stereocenters. The molecule has 0 amide bonds. The van der Waals surface area contributed by atoms with E-state index in [1.807, 2.05) is 26.0 Å². The van der Waals surface area contributed by atoms with Crippen LogP contribution >= 0.6 is 0 Å². The van der Waals surface area contributed by atoms with E-state index in [1.165, 1.54) is 11.4 Å². The molecule has 0 unspecified atom stereocenters. The third kappa shape index (κ3) is 6.26. The normalized spacial score (nSPS) is 12.8. The summed E-state index contributed by atoms with van der Waals surface area (Å²) in [7, 11) is 0. The van der Waals surface area contributed by atoms with Crippen molar-refractivity contribution >= 4 is 0 Å². The maximum absolute atomic E-state index is 4.57. The molecule has 0 spiro atoms. The highest BCUT2D eigenvalue weighted by Gasteiger charge is 2.25. The number of nitrogens with zero attached hydrogens (tertiary/aromatic N) is 2. The molecule has 2 heterocycles. The molecule has 0 radical (unpaired) electrons. The maximum atomic E-state index is 4.57. The van der Waals surface area contributed by atoms with Gasteiger partial charge in [-0.1, -0.05) is 60.6 Å². The van der Waals surface area contributed by atoms with Crippen LogP contribution in [0.25, 0.3) is 0 Å². The summed E-state index contributed by atoms with van der Waals surface area (Å²) in [4.78, 5) is 9.06. The van der Waals surface area contributed by atoms with Crippen LogP contribution < -0.4 is 0 Å². The van der Waals surface area contributed by atoms with E-state index in [2.05, 4.69) is 82.7 Å². The Labute approximate surface area is 155 Å². The zero-order chi connectivity index (χ0) is 19.2. The van der Waals surface area contributed by atoms with E-state index >= 15 is 0 Å². The van der Waals surface area contributed by atoms with Crippen molar-refractivity contribution in [2.24, 2.45) is 11.8 Å². The Kier molecular flexibility index (Phi) is 7.79. The molecule has 0 aromatic carbocycles. The first-order chi connectivity index (χ1) is 11.6. The van der Waals surface area contributed by atoms with Gasteiger partial charge in [-0.15, -0.1) is 0 Å². The fourth-order valence-electron chi connectivity index (χ4n) is 2.36. The third-order valence-corrected chi connectivity index (χ3v) is 5.37. The molecule has 2 heteroatoms. The second-order valence-electron chi connectivity index (χ2n) is 8.28. The lowest BCUT2D eigenvalue weighted by Crippen LogP contribution is -2.25. The Morgan fingerprint density at radius 1 is 0.760 bits per heavy atom. The summed E-state index contributed by atoms with van der Waals surface area (Å²) in [5, 5.41) is 0. The standard InChI is InChI=1S/C12H19N.C11H17N/c1-9(2)12(4,5)11-8-6-7-10(3)13-11;1-8(2)10(4)11-7-5-6-9(3)12-11/h6-9H,1-5H3;5-8,10H,1-4H3/t;10-/m.1/s1. The molecular formula is C23H36N2. The van der Waals surface area contributed by atoms with E-state index < -0.39 is 0 Å². The second-order valence-corrected chi connectivity index (χ2v) is 8.28. The molecular weight excluding hydrogens is 304 g/mol. The SMILES string of the molecule is Cc1cccc(C(C)(C)C(C)C)n1.Cc1cccc([C@H](C)C(C)C)n1. The van der Waals surface area contributed by atoms with Crippen molar-refractivity contribution in [2.75, 3.05) is 0 Å². The zero-order valence-corrected chi connectivity index (χ0v) is 17.6. The van der Waals surface area contributed by atoms with Crippen molar-refractivity contribution in [2.45, 2.75) is 73.6 Å². The number of pyridine rings is 2. The number of aromatic nitrogens is 2. The van der Waals surface area contributed by atoms with Crippen LogP contribution in [0.4, 0.5) is 0 Å². The van der Waals surface area contributed by atoms with Crippen molar-refractivity contribution in [3.05, 3.63) is 59.2 Å². The van der Waals surface area contributed by atoms with Gasteiger partial charge in [-0.2, -0.15) is 0 Å².